The quantitative estimate of drug-likeness (QED) is 0.626. The zero-order valence-electron chi connectivity index (χ0n) is 7.92. The fourth-order valence-corrected chi connectivity index (χ4v) is 1.73. The summed E-state index contributed by atoms with van der Waals surface area (Å²) in [5.41, 5.74) is 5.79. The molecule has 1 aliphatic rings. The minimum atomic E-state index is 0.181. The molecule has 0 aliphatic carbocycles. The van der Waals surface area contributed by atoms with Gasteiger partial charge < -0.3 is 10.6 Å². The van der Waals surface area contributed by atoms with Crippen molar-refractivity contribution in [1.29, 1.82) is 0 Å². The van der Waals surface area contributed by atoms with Crippen LogP contribution in [0.3, 0.4) is 0 Å². The minimum absolute atomic E-state index is 0.181. The Kier molecular flexibility index (Phi) is 3.09. The molecule has 3 nitrogen and oxygen atoms in total. The fraction of sp³-hybridized carbons (Fsp3) is 0.889. The van der Waals surface area contributed by atoms with E-state index in [-0.39, 0.29) is 11.9 Å². The van der Waals surface area contributed by atoms with Crippen molar-refractivity contribution >= 4 is 5.91 Å². The lowest BCUT2D eigenvalue weighted by atomic mass is 9.92. The lowest BCUT2D eigenvalue weighted by Crippen LogP contribution is -2.44. The van der Waals surface area contributed by atoms with Crippen molar-refractivity contribution in [3.8, 4) is 0 Å². The van der Waals surface area contributed by atoms with Gasteiger partial charge in [0.2, 0.25) is 5.91 Å². The predicted molar refractivity (Wildman–Crippen MR) is 48.6 cm³/mol. The van der Waals surface area contributed by atoms with Crippen LogP contribution in [0.4, 0.5) is 0 Å². The van der Waals surface area contributed by atoms with Crippen LogP contribution in [0.25, 0.3) is 0 Å². The first-order valence-corrected chi connectivity index (χ1v) is 4.62. The average Bonchev–Trinajstić information content (AvgIpc) is 2.04. The average molecular weight is 170 g/mol. The molecule has 1 heterocycles. The molecule has 1 aliphatic heterocycles. The molecule has 0 aromatic rings. The van der Waals surface area contributed by atoms with Crippen LogP contribution in [0.1, 0.15) is 26.7 Å². The summed E-state index contributed by atoms with van der Waals surface area (Å²) in [6.07, 6.45) is 2.27. The summed E-state index contributed by atoms with van der Waals surface area (Å²) in [6.45, 7) is 5.42. The Morgan fingerprint density at radius 1 is 1.67 bits per heavy atom. The summed E-state index contributed by atoms with van der Waals surface area (Å²) in [6, 6.07) is 0.215. The maximum Gasteiger partial charge on any atom is 0.219 e. The van der Waals surface area contributed by atoms with E-state index in [1.54, 1.807) is 6.92 Å². The molecule has 1 amide bonds. The normalized spacial score (nSPS) is 26.9. The van der Waals surface area contributed by atoms with Gasteiger partial charge in [-0.2, -0.15) is 0 Å². The number of rotatable bonds is 1. The summed E-state index contributed by atoms with van der Waals surface area (Å²) in [4.78, 5) is 13.0. The second-order valence-electron chi connectivity index (χ2n) is 3.73. The fourth-order valence-electron chi connectivity index (χ4n) is 1.73. The highest BCUT2D eigenvalue weighted by Gasteiger charge is 2.23. The van der Waals surface area contributed by atoms with E-state index in [1.165, 1.54) is 6.42 Å². The molecule has 0 aromatic heterocycles. The topological polar surface area (TPSA) is 46.3 Å². The summed E-state index contributed by atoms with van der Waals surface area (Å²) in [5.74, 6) is 0.683. The Morgan fingerprint density at radius 2 is 2.33 bits per heavy atom. The van der Waals surface area contributed by atoms with Crippen molar-refractivity contribution < 1.29 is 4.79 Å². The van der Waals surface area contributed by atoms with Gasteiger partial charge in [-0.05, 0) is 25.7 Å². The number of carbonyl (C=O) groups excluding carboxylic acids is 1. The molecule has 0 spiro atoms. The molecule has 0 saturated carbocycles. The van der Waals surface area contributed by atoms with Crippen molar-refractivity contribution in [2.24, 2.45) is 11.7 Å². The van der Waals surface area contributed by atoms with Crippen LogP contribution in [0.5, 0.6) is 0 Å². The highest BCUT2D eigenvalue weighted by Crippen LogP contribution is 2.18. The predicted octanol–water partition coefficient (Wildman–Crippen LogP) is 0.592. The zero-order valence-corrected chi connectivity index (χ0v) is 7.92. The molecule has 12 heavy (non-hydrogen) atoms. The molecule has 2 atom stereocenters. The lowest BCUT2D eigenvalue weighted by molar-refractivity contribution is -0.130. The van der Waals surface area contributed by atoms with Crippen LogP contribution in [0, 0.1) is 5.92 Å². The number of piperidine rings is 1. The second kappa shape index (κ2) is 3.90. The molecule has 70 valence electrons. The first kappa shape index (κ1) is 9.52. The van der Waals surface area contributed by atoms with E-state index in [0.717, 1.165) is 19.5 Å². The first-order chi connectivity index (χ1) is 5.61. The van der Waals surface area contributed by atoms with Gasteiger partial charge in [0.15, 0.2) is 0 Å². The van der Waals surface area contributed by atoms with Crippen LogP contribution in [-0.4, -0.2) is 29.9 Å². The van der Waals surface area contributed by atoms with Gasteiger partial charge in [0, 0.05) is 26.1 Å². The highest BCUT2D eigenvalue weighted by atomic mass is 16.2. The van der Waals surface area contributed by atoms with E-state index >= 15 is 0 Å². The number of amides is 1. The first-order valence-electron chi connectivity index (χ1n) is 4.62. The maximum absolute atomic E-state index is 11.1. The van der Waals surface area contributed by atoms with Crippen LogP contribution >= 0.6 is 0 Å². The van der Waals surface area contributed by atoms with Crippen LogP contribution in [0.15, 0.2) is 0 Å². The van der Waals surface area contributed by atoms with Gasteiger partial charge in [0.05, 0.1) is 0 Å². The molecule has 3 heteroatoms. The molecule has 2 N–H and O–H groups in total. The van der Waals surface area contributed by atoms with Gasteiger partial charge in [-0.1, -0.05) is 0 Å². The Morgan fingerprint density at radius 3 is 2.83 bits per heavy atom. The van der Waals surface area contributed by atoms with Crippen LogP contribution < -0.4 is 5.73 Å². The number of hydrogen-bond donors (Lipinski definition) is 1. The van der Waals surface area contributed by atoms with Crippen LogP contribution in [0.2, 0.25) is 0 Å². The zero-order chi connectivity index (χ0) is 9.14. The Balaban J connectivity index is 2.46. The van der Waals surface area contributed by atoms with Gasteiger partial charge in [0.25, 0.3) is 0 Å². The SMILES string of the molecule is CC(=O)N1CCC[C@@H]([C@@H](C)N)C1. The summed E-state index contributed by atoms with van der Waals surface area (Å²) >= 11 is 0. The monoisotopic (exact) mass is 170 g/mol. The number of hydrogen-bond acceptors (Lipinski definition) is 2. The maximum atomic E-state index is 11.1. The summed E-state index contributed by atoms with van der Waals surface area (Å²) < 4.78 is 0. The van der Waals surface area contributed by atoms with Gasteiger partial charge >= 0.3 is 0 Å². The van der Waals surface area contributed by atoms with Gasteiger partial charge in [0.1, 0.15) is 0 Å². The molecule has 0 radical (unpaired) electrons. The molecule has 1 rings (SSSR count). The molecule has 1 fully saturated rings. The molecule has 0 unspecified atom stereocenters. The second-order valence-corrected chi connectivity index (χ2v) is 3.73. The molecule has 0 aromatic carbocycles. The number of likely N-dealkylation sites (tertiary alicyclic amines) is 1. The van der Waals surface area contributed by atoms with Crippen molar-refractivity contribution in [2.75, 3.05) is 13.1 Å². The number of nitrogens with zero attached hydrogens (tertiary/aromatic N) is 1. The van der Waals surface area contributed by atoms with E-state index in [9.17, 15) is 4.79 Å². The smallest absolute Gasteiger partial charge is 0.219 e. The minimum Gasteiger partial charge on any atom is -0.343 e. The molecule has 1 saturated heterocycles. The van der Waals surface area contributed by atoms with E-state index in [2.05, 4.69) is 0 Å². The third-order valence-electron chi connectivity index (χ3n) is 2.65. The van der Waals surface area contributed by atoms with Crippen molar-refractivity contribution in [2.45, 2.75) is 32.7 Å². The van der Waals surface area contributed by atoms with E-state index in [0.29, 0.717) is 5.92 Å². The largest absolute Gasteiger partial charge is 0.343 e. The number of carbonyl (C=O) groups is 1. The van der Waals surface area contributed by atoms with E-state index in [1.807, 2.05) is 11.8 Å². The third kappa shape index (κ3) is 2.21. The Labute approximate surface area is 73.9 Å². The molecular weight excluding hydrogens is 152 g/mol. The van der Waals surface area contributed by atoms with Crippen molar-refractivity contribution in [3.05, 3.63) is 0 Å². The summed E-state index contributed by atoms with van der Waals surface area (Å²) in [5, 5.41) is 0. The summed E-state index contributed by atoms with van der Waals surface area (Å²) in [7, 11) is 0. The molecular formula is C9H18N2O. The van der Waals surface area contributed by atoms with E-state index in [4.69, 9.17) is 5.73 Å². The lowest BCUT2D eigenvalue weighted by Gasteiger charge is -2.33. The van der Waals surface area contributed by atoms with Crippen molar-refractivity contribution in [3.63, 3.8) is 0 Å². The van der Waals surface area contributed by atoms with Gasteiger partial charge in [-0.25, -0.2) is 0 Å². The van der Waals surface area contributed by atoms with Gasteiger partial charge in [-0.15, -0.1) is 0 Å². The molecule has 0 bridgehead atoms. The Hall–Kier alpha value is -0.570. The Bertz CT molecular complexity index is 168. The highest BCUT2D eigenvalue weighted by molar-refractivity contribution is 5.73. The van der Waals surface area contributed by atoms with Crippen LogP contribution in [-0.2, 0) is 4.79 Å². The van der Waals surface area contributed by atoms with E-state index < -0.39 is 0 Å². The standard InChI is InChI=1S/C9H18N2O/c1-7(10)9-4-3-5-11(6-9)8(2)12/h7,9H,3-6,10H2,1-2H3/t7-,9-/m1/s1. The third-order valence-corrected chi connectivity index (χ3v) is 2.65. The van der Waals surface area contributed by atoms with Crippen molar-refractivity contribution in [1.82, 2.24) is 4.90 Å². The number of nitrogens with two attached hydrogens (primary N) is 1. The van der Waals surface area contributed by atoms with Gasteiger partial charge in [-0.3, -0.25) is 4.79 Å².